The number of thiophene rings is 1. The van der Waals surface area contributed by atoms with Gasteiger partial charge in [0.05, 0.1) is 0 Å². The molecule has 1 saturated carbocycles. The SMILES string of the molecule is CC(C)(C)OC(=O)NC1(C(=O)NCc2ccsc2)CC1. The lowest BCUT2D eigenvalue weighted by atomic mass is 10.2. The number of ether oxygens (including phenoxy) is 1. The second-order valence-electron chi connectivity index (χ2n) is 6.02. The fraction of sp³-hybridized carbons (Fsp3) is 0.571. The van der Waals surface area contributed by atoms with Crippen molar-refractivity contribution in [2.45, 2.75) is 51.3 Å². The van der Waals surface area contributed by atoms with Crippen LogP contribution in [0, 0.1) is 0 Å². The van der Waals surface area contributed by atoms with Crippen LogP contribution in [0.4, 0.5) is 4.79 Å². The summed E-state index contributed by atoms with van der Waals surface area (Å²) in [7, 11) is 0. The Morgan fingerprint density at radius 3 is 2.60 bits per heavy atom. The van der Waals surface area contributed by atoms with Gasteiger partial charge < -0.3 is 15.4 Å². The van der Waals surface area contributed by atoms with Gasteiger partial charge in [0.2, 0.25) is 5.91 Å². The molecule has 0 saturated heterocycles. The minimum absolute atomic E-state index is 0.144. The van der Waals surface area contributed by atoms with Crippen molar-refractivity contribution in [1.29, 1.82) is 0 Å². The Balaban J connectivity index is 1.84. The van der Waals surface area contributed by atoms with E-state index in [2.05, 4.69) is 10.6 Å². The summed E-state index contributed by atoms with van der Waals surface area (Å²) in [5.41, 5.74) is -0.275. The summed E-state index contributed by atoms with van der Waals surface area (Å²) < 4.78 is 5.19. The van der Waals surface area contributed by atoms with E-state index < -0.39 is 17.2 Å². The minimum Gasteiger partial charge on any atom is -0.444 e. The maximum atomic E-state index is 12.1. The first kappa shape index (κ1) is 14.8. The second-order valence-corrected chi connectivity index (χ2v) is 6.80. The van der Waals surface area contributed by atoms with Gasteiger partial charge >= 0.3 is 6.09 Å². The number of hydrogen-bond donors (Lipinski definition) is 2. The van der Waals surface area contributed by atoms with Crippen LogP contribution in [0.15, 0.2) is 16.8 Å². The number of amides is 2. The molecule has 1 fully saturated rings. The maximum absolute atomic E-state index is 12.1. The molecule has 0 bridgehead atoms. The van der Waals surface area contributed by atoms with Gasteiger partial charge in [0, 0.05) is 6.54 Å². The first-order chi connectivity index (χ1) is 9.31. The molecule has 1 aromatic heterocycles. The highest BCUT2D eigenvalue weighted by molar-refractivity contribution is 7.07. The van der Waals surface area contributed by atoms with Gasteiger partial charge in [-0.25, -0.2) is 4.79 Å². The van der Waals surface area contributed by atoms with Crippen molar-refractivity contribution < 1.29 is 14.3 Å². The molecule has 0 atom stereocenters. The predicted molar refractivity (Wildman–Crippen MR) is 77.5 cm³/mol. The summed E-state index contributed by atoms with van der Waals surface area (Å²) in [5, 5.41) is 9.49. The Hall–Kier alpha value is -1.56. The molecule has 1 aromatic rings. The van der Waals surface area contributed by atoms with Crippen LogP contribution in [0.5, 0.6) is 0 Å². The van der Waals surface area contributed by atoms with Gasteiger partial charge in [-0.2, -0.15) is 11.3 Å². The summed E-state index contributed by atoms with van der Waals surface area (Å²) in [6.07, 6.45) is 0.768. The molecule has 6 heteroatoms. The molecule has 20 heavy (non-hydrogen) atoms. The van der Waals surface area contributed by atoms with Crippen molar-refractivity contribution in [2.75, 3.05) is 0 Å². The molecule has 0 aliphatic heterocycles. The Morgan fingerprint density at radius 2 is 2.10 bits per heavy atom. The van der Waals surface area contributed by atoms with Gasteiger partial charge in [0.1, 0.15) is 11.1 Å². The first-order valence-electron chi connectivity index (χ1n) is 6.61. The van der Waals surface area contributed by atoms with Crippen LogP contribution in [0.3, 0.4) is 0 Å². The highest BCUT2D eigenvalue weighted by Crippen LogP contribution is 2.36. The Bertz CT molecular complexity index is 487. The summed E-state index contributed by atoms with van der Waals surface area (Å²) in [6, 6.07) is 1.96. The van der Waals surface area contributed by atoms with Gasteiger partial charge in [0.15, 0.2) is 0 Å². The monoisotopic (exact) mass is 296 g/mol. The van der Waals surface area contributed by atoms with E-state index >= 15 is 0 Å². The van der Waals surface area contributed by atoms with Gasteiger partial charge in [0.25, 0.3) is 0 Å². The molecule has 5 nitrogen and oxygen atoms in total. The maximum Gasteiger partial charge on any atom is 0.408 e. The molecule has 1 aliphatic rings. The summed E-state index contributed by atoms with van der Waals surface area (Å²) in [6.45, 7) is 5.87. The molecule has 0 unspecified atom stereocenters. The number of nitrogens with one attached hydrogen (secondary N) is 2. The van der Waals surface area contributed by atoms with Crippen molar-refractivity contribution in [3.8, 4) is 0 Å². The number of carbonyl (C=O) groups is 2. The molecule has 0 aromatic carbocycles. The van der Waals surface area contributed by atoms with Gasteiger partial charge in [-0.05, 0) is 56.0 Å². The first-order valence-corrected chi connectivity index (χ1v) is 7.56. The highest BCUT2D eigenvalue weighted by atomic mass is 32.1. The largest absolute Gasteiger partial charge is 0.444 e. The molecule has 1 heterocycles. The predicted octanol–water partition coefficient (Wildman–Crippen LogP) is 2.42. The molecule has 0 radical (unpaired) electrons. The second kappa shape index (κ2) is 5.44. The fourth-order valence-electron chi connectivity index (χ4n) is 1.78. The lowest BCUT2D eigenvalue weighted by molar-refractivity contribution is -0.124. The molecular weight excluding hydrogens is 276 g/mol. The van der Waals surface area contributed by atoms with Crippen LogP contribution >= 0.6 is 11.3 Å². The van der Waals surface area contributed by atoms with Crippen LogP contribution < -0.4 is 10.6 Å². The van der Waals surface area contributed by atoms with E-state index in [1.165, 1.54) is 0 Å². The van der Waals surface area contributed by atoms with E-state index in [0.717, 1.165) is 5.56 Å². The van der Waals surface area contributed by atoms with Crippen molar-refractivity contribution in [3.63, 3.8) is 0 Å². The van der Waals surface area contributed by atoms with Gasteiger partial charge in [-0.3, -0.25) is 4.79 Å². The number of alkyl carbamates (subject to hydrolysis) is 1. The average molecular weight is 296 g/mol. The van der Waals surface area contributed by atoms with Crippen molar-refractivity contribution in [1.82, 2.24) is 10.6 Å². The third kappa shape index (κ3) is 3.96. The molecule has 1 aliphatic carbocycles. The molecule has 2 amide bonds. The average Bonchev–Trinajstić information content (AvgIpc) is 2.89. The lowest BCUT2D eigenvalue weighted by Gasteiger charge is -2.23. The molecule has 0 spiro atoms. The van der Waals surface area contributed by atoms with E-state index in [-0.39, 0.29) is 5.91 Å². The Kier molecular flexibility index (Phi) is 4.04. The highest BCUT2D eigenvalue weighted by Gasteiger charge is 2.51. The normalized spacial score (nSPS) is 16.4. The van der Waals surface area contributed by atoms with Crippen molar-refractivity contribution >= 4 is 23.3 Å². The molecule has 110 valence electrons. The summed E-state index contributed by atoms with van der Waals surface area (Å²) in [4.78, 5) is 23.9. The standard InChI is InChI=1S/C14H20N2O3S/c1-13(2,3)19-12(18)16-14(5-6-14)11(17)15-8-10-4-7-20-9-10/h4,7,9H,5-6,8H2,1-3H3,(H,15,17)(H,16,18). The van der Waals surface area contributed by atoms with Crippen LogP contribution in [0.25, 0.3) is 0 Å². The molecular formula is C14H20N2O3S. The zero-order valence-corrected chi connectivity index (χ0v) is 12.8. The van der Waals surface area contributed by atoms with Crippen molar-refractivity contribution in [2.24, 2.45) is 0 Å². The van der Waals surface area contributed by atoms with Crippen LogP contribution in [-0.2, 0) is 16.1 Å². The zero-order chi connectivity index (χ0) is 14.8. The van der Waals surface area contributed by atoms with Crippen molar-refractivity contribution in [3.05, 3.63) is 22.4 Å². The third-order valence-electron chi connectivity index (χ3n) is 2.96. The van der Waals surface area contributed by atoms with Crippen LogP contribution in [-0.4, -0.2) is 23.1 Å². The summed E-state index contributed by atoms with van der Waals surface area (Å²) in [5.74, 6) is -0.144. The number of carbonyl (C=O) groups excluding carboxylic acids is 2. The third-order valence-corrected chi connectivity index (χ3v) is 3.69. The van der Waals surface area contributed by atoms with Gasteiger partial charge in [-0.15, -0.1) is 0 Å². The summed E-state index contributed by atoms with van der Waals surface area (Å²) >= 11 is 1.59. The van der Waals surface area contributed by atoms with E-state index in [1.807, 2.05) is 16.8 Å². The van der Waals surface area contributed by atoms with Crippen LogP contribution in [0.2, 0.25) is 0 Å². The van der Waals surface area contributed by atoms with E-state index in [0.29, 0.717) is 19.4 Å². The Labute approximate surface area is 122 Å². The van der Waals surface area contributed by atoms with E-state index in [1.54, 1.807) is 32.1 Å². The minimum atomic E-state index is -0.779. The van der Waals surface area contributed by atoms with E-state index in [9.17, 15) is 9.59 Å². The quantitative estimate of drug-likeness (QED) is 0.896. The smallest absolute Gasteiger partial charge is 0.408 e. The molecule has 2 N–H and O–H groups in total. The van der Waals surface area contributed by atoms with Crippen LogP contribution in [0.1, 0.15) is 39.2 Å². The zero-order valence-electron chi connectivity index (χ0n) is 12.0. The fourth-order valence-corrected chi connectivity index (χ4v) is 2.45. The van der Waals surface area contributed by atoms with E-state index in [4.69, 9.17) is 4.74 Å². The number of rotatable bonds is 4. The van der Waals surface area contributed by atoms with Gasteiger partial charge in [-0.1, -0.05) is 0 Å². The molecule has 2 rings (SSSR count). The lowest BCUT2D eigenvalue weighted by Crippen LogP contribution is -2.50. The topological polar surface area (TPSA) is 67.4 Å². The Morgan fingerprint density at radius 1 is 1.40 bits per heavy atom. The number of hydrogen-bond acceptors (Lipinski definition) is 4.